The molecule has 1 aliphatic rings. The molecule has 1 N–H and O–H groups in total. The first-order chi connectivity index (χ1) is 26.9. The van der Waals surface area contributed by atoms with Gasteiger partial charge in [-0.15, -0.1) is 0 Å². The van der Waals surface area contributed by atoms with Crippen molar-refractivity contribution in [2.24, 2.45) is 0 Å². The van der Waals surface area contributed by atoms with Crippen LogP contribution in [0.2, 0.25) is 0 Å². The lowest BCUT2D eigenvalue weighted by atomic mass is 9.95. The fourth-order valence-electron chi connectivity index (χ4n) is 6.78. The number of carbonyl (C=O) groups excluding carboxylic acids is 3. The normalized spacial score (nSPS) is 12.7. The lowest BCUT2D eigenvalue weighted by Crippen LogP contribution is -2.08. The van der Waals surface area contributed by atoms with E-state index >= 15 is 0 Å². The van der Waals surface area contributed by atoms with Crippen LogP contribution >= 0.6 is 0 Å². The highest BCUT2D eigenvalue weighted by molar-refractivity contribution is 6.28. The van der Waals surface area contributed by atoms with E-state index in [1.165, 1.54) is 13.2 Å². The van der Waals surface area contributed by atoms with Crippen molar-refractivity contribution in [2.45, 2.75) is 26.9 Å². The summed E-state index contributed by atoms with van der Waals surface area (Å²) in [5.41, 5.74) is 3.44. The van der Waals surface area contributed by atoms with E-state index in [4.69, 9.17) is 42.3 Å². The second-order valence-corrected chi connectivity index (χ2v) is 12.3. The number of phenols is 1. The number of hydrogen-bond donors (Lipinski definition) is 1. The van der Waals surface area contributed by atoms with Gasteiger partial charge in [0, 0.05) is 44.1 Å². The van der Waals surface area contributed by atoms with Gasteiger partial charge in [-0.05, 0) is 68.3 Å². The number of aryl methyl sites for hydroxylation is 3. The van der Waals surface area contributed by atoms with E-state index in [1.54, 1.807) is 61.7 Å². The van der Waals surface area contributed by atoms with Gasteiger partial charge in [-0.2, -0.15) is 14.9 Å². The number of methoxy groups -OCH3 is 2. The van der Waals surface area contributed by atoms with Gasteiger partial charge in [-0.1, -0.05) is 30.3 Å². The molecule has 1 aliphatic heterocycles. The Morgan fingerprint density at radius 1 is 0.661 bits per heavy atom. The van der Waals surface area contributed by atoms with Crippen molar-refractivity contribution in [2.75, 3.05) is 14.2 Å². The first kappa shape index (κ1) is 38.0. The predicted octanol–water partition coefficient (Wildman–Crippen LogP) is 6.92. The number of fused-ring (bicyclic) bond motifs is 4. The van der Waals surface area contributed by atoms with Crippen molar-refractivity contribution < 1.29 is 47.0 Å². The van der Waals surface area contributed by atoms with E-state index in [-0.39, 0.29) is 39.5 Å². The van der Waals surface area contributed by atoms with Gasteiger partial charge in [0.1, 0.15) is 50.8 Å². The minimum Gasteiger partial charge on any atom is -0.506 e. The topological polar surface area (TPSA) is 214 Å². The lowest BCUT2D eigenvalue weighted by Gasteiger charge is -2.14. The van der Waals surface area contributed by atoms with Crippen LogP contribution in [-0.4, -0.2) is 31.4 Å². The zero-order valence-corrected chi connectivity index (χ0v) is 30.3. The Balaban J connectivity index is 0.000000150. The molecule has 9 rings (SSSR count). The number of esters is 1. The van der Waals surface area contributed by atoms with Crippen LogP contribution in [0.15, 0.2) is 100 Å². The Morgan fingerprint density at radius 3 is 2.00 bits per heavy atom. The molecular weight excluding hydrogens is 726 g/mol. The molecule has 280 valence electrons. The molecule has 0 aliphatic carbocycles. The molecule has 0 spiro atoms. The molecule has 4 heterocycles. The number of nitriles is 1. The van der Waals surface area contributed by atoms with Gasteiger partial charge in [0.25, 0.3) is 0 Å². The quantitative estimate of drug-likeness (QED) is 0.0821. The fourth-order valence-corrected chi connectivity index (χ4v) is 6.78. The SMILES string of the molecule is COc1ccc2oc(=O)c3c(O)c4cccc(C)c4c4oc(=O)c1c2c34.COc1ccc2oc(=O)ccc2c1C.Cc1cccc2c1C(C#N)OC2=O.O=C=O. The molecule has 5 aromatic carbocycles. The van der Waals surface area contributed by atoms with Crippen molar-refractivity contribution in [3.63, 3.8) is 0 Å². The summed E-state index contributed by atoms with van der Waals surface area (Å²) in [5.74, 6) is 0.522. The van der Waals surface area contributed by atoms with Crippen LogP contribution in [0.5, 0.6) is 17.2 Å². The summed E-state index contributed by atoms with van der Waals surface area (Å²) in [7, 11) is 3.06. The van der Waals surface area contributed by atoms with Crippen LogP contribution in [-0.2, 0) is 14.3 Å². The summed E-state index contributed by atoms with van der Waals surface area (Å²) >= 11 is 0. The number of phenolic OH excluding ortho intramolecular Hbond substituents is 1. The molecule has 14 nitrogen and oxygen atoms in total. The molecule has 14 heteroatoms. The second kappa shape index (κ2) is 15.3. The smallest absolute Gasteiger partial charge is 0.373 e. The van der Waals surface area contributed by atoms with Gasteiger partial charge in [-0.25, -0.2) is 19.2 Å². The van der Waals surface area contributed by atoms with E-state index in [2.05, 4.69) is 0 Å². The molecule has 0 saturated heterocycles. The minimum absolute atomic E-state index is 0.00685. The number of benzene rings is 5. The highest BCUT2D eigenvalue weighted by Gasteiger charge is 2.32. The Kier molecular flexibility index (Phi) is 10.4. The molecular formula is C42H29NO13. The van der Waals surface area contributed by atoms with Crippen LogP contribution in [0.3, 0.4) is 0 Å². The number of aromatic hydroxyl groups is 1. The van der Waals surface area contributed by atoms with Gasteiger partial charge in [0.2, 0.25) is 6.10 Å². The fraction of sp³-hybridized carbons (Fsp3) is 0.143. The maximum atomic E-state index is 12.7. The van der Waals surface area contributed by atoms with Crippen molar-refractivity contribution in [3.8, 4) is 23.3 Å². The average molecular weight is 756 g/mol. The monoisotopic (exact) mass is 755 g/mol. The first-order valence-corrected chi connectivity index (χ1v) is 16.6. The van der Waals surface area contributed by atoms with Gasteiger partial charge >= 0.3 is 29.0 Å². The maximum absolute atomic E-state index is 12.7. The van der Waals surface area contributed by atoms with E-state index in [1.807, 2.05) is 39.0 Å². The van der Waals surface area contributed by atoms with E-state index < -0.39 is 23.3 Å². The molecule has 56 heavy (non-hydrogen) atoms. The zero-order chi connectivity index (χ0) is 40.4. The molecule has 8 aromatic rings. The Labute approximate surface area is 314 Å². The lowest BCUT2D eigenvalue weighted by molar-refractivity contribution is -0.191. The van der Waals surface area contributed by atoms with Crippen LogP contribution in [0.4, 0.5) is 0 Å². The minimum atomic E-state index is -0.719. The second-order valence-electron chi connectivity index (χ2n) is 12.3. The third-order valence-electron chi connectivity index (χ3n) is 9.26. The molecule has 3 aromatic heterocycles. The Hall–Kier alpha value is -7.75. The molecule has 1 unspecified atom stereocenters. The highest BCUT2D eigenvalue weighted by atomic mass is 16.5. The Bertz CT molecular complexity index is 3110. The summed E-state index contributed by atoms with van der Waals surface area (Å²) < 4.78 is 31.3. The van der Waals surface area contributed by atoms with Gasteiger partial charge in [-0.3, -0.25) is 0 Å². The van der Waals surface area contributed by atoms with E-state index in [9.17, 15) is 24.3 Å². The van der Waals surface area contributed by atoms with Gasteiger partial charge in [0.05, 0.1) is 19.8 Å². The van der Waals surface area contributed by atoms with Crippen LogP contribution < -0.4 is 26.4 Å². The number of nitrogens with zero attached hydrogens (tertiary/aromatic N) is 1. The summed E-state index contributed by atoms with van der Waals surface area (Å²) in [6.07, 6.45) is -0.469. The summed E-state index contributed by atoms with van der Waals surface area (Å²) in [6.45, 7) is 5.65. The molecule has 0 amide bonds. The zero-order valence-electron chi connectivity index (χ0n) is 30.3. The van der Waals surface area contributed by atoms with Crippen LogP contribution in [0, 0.1) is 32.1 Å². The number of hydrogen-bond acceptors (Lipinski definition) is 14. The third kappa shape index (κ3) is 6.44. The van der Waals surface area contributed by atoms with Crippen molar-refractivity contribution in [1.29, 1.82) is 5.26 Å². The van der Waals surface area contributed by atoms with Gasteiger partial charge < -0.3 is 32.6 Å². The van der Waals surface area contributed by atoms with Crippen molar-refractivity contribution in [3.05, 3.63) is 132 Å². The number of ether oxygens (including phenoxy) is 3. The average Bonchev–Trinajstić information content (AvgIpc) is 3.52. The number of cyclic esters (lactones) is 1. The largest absolute Gasteiger partial charge is 0.506 e. The number of rotatable bonds is 2. The predicted molar refractivity (Wildman–Crippen MR) is 201 cm³/mol. The molecule has 0 bridgehead atoms. The summed E-state index contributed by atoms with van der Waals surface area (Å²) in [5, 5.41) is 22.4. The maximum Gasteiger partial charge on any atom is 0.373 e. The van der Waals surface area contributed by atoms with Crippen LogP contribution in [0.1, 0.15) is 38.7 Å². The van der Waals surface area contributed by atoms with Crippen molar-refractivity contribution >= 4 is 66.6 Å². The van der Waals surface area contributed by atoms with E-state index in [0.717, 1.165) is 33.4 Å². The molecule has 0 saturated carbocycles. The standard InChI is InChI=1S/C20H12O6.C11H10O3.C10H7NO2.CO2/c1-8-4-3-5-9-12(8)18-15-13-11(25-20(23)16(15)17(9)21)7-6-10(24-2)14(13)19(22)26-18;1-7-8-3-6-11(12)14-10(8)5-4-9(7)13-2;1-6-3-2-4-7-9(6)8(5-11)13-10(7)12;2-1-3/h3-7,21H,1-2H3;3-6H,1-2H3;2-4,8H,1H3;. The molecule has 0 fully saturated rings. The van der Waals surface area contributed by atoms with Crippen molar-refractivity contribution in [1.82, 2.24) is 0 Å². The third-order valence-corrected chi connectivity index (χ3v) is 9.26. The van der Waals surface area contributed by atoms with Gasteiger partial charge in [0.15, 0.2) is 0 Å². The summed E-state index contributed by atoms with van der Waals surface area (Å²) in [6, 6.07) is 22.4. The molecule has 1 atom stereocenters. The van der Waals surface area contributed by atoms with E-state index in [0.29, 0.717) is 38.4 Å². The summed E-state index contributed by atoms with van der Waals surface area (Å²) in [4.78, 5) is 63.7. The highest BCUT2D eigenvalue weighted by Crippen LogP contribution is 2.43. The number of carbonyl (C=O) groups is 1. The first-order valence-electron chi connectivity index (χ1n) is 16.6. The Morgan fingerprint density at radius 2 is 1.30 bits per heavy atom. The molecule has 0 radical (unpaired) electrons. The van der Waals surface area contributed by atoms with Crippen LogP contribution in [0.25, 0.3) is 54.5 Å².